The molecule has 1 atom stereocenters. The van der Waals surface area contributed by atoms with E-state index in [-0.39, 0.29) is 5.56 Å². The van der Waals surface area contributed by atoms with Crippen LogP contribution in [0.3, 0.4) is 0 Å². The Balaban J connectivity index is 2.53. The lowest BCUT2D eigenvalue weighted by Gasteiger charge is -2.16. The molecule has 0 aliphatic heterocycles. The first-order chi connectivity index (χ1) is 8.50. The van der Waals surface area contributed by atoms with Crippen LogP contribution in [0.15, 0.2) is 36.4 Å². The highest BCUT2D eigenvalue weighted by Gasteiger charge is 2.21. The minimum atomic E-state index is -0.973. The van der Waals surface area contributed by atoms with Crippen molar-refractivity contribution in [1.29, 1.82) is 0 Å². The Morgan fingerprint density at radius 1 is 1.00 bits per heavy atom. The van der Waals surface area contributed by atoms with E-state index >= 15 is 0 Å². The Labute approximate surface area is 116 Å². The number of benzene rings is 2. The molecule has 0 aliphatic rings. The Kier molecular flexibility index (Phi) is 3.91. The standard InChI is InChI=1S/C13H9F3IN/c14-7-5-9(15)12(10(16)6-7)13(18)8-3-1-2-4-11(8)17/h1-6,13H,18H2. The van der Waals surface area contributed by atoms with Crippen molar-refractivity contribution in [3.8, 4) is 0 Å². The normalized spacial score (nSPS) is 12.5. The summed E-state index contributed by atoms with van der Waals surface area (Å²) in [5.41, 5.74) is 6.14. The second-order valence-corrected chi connectivity index (χ2v) is 4.94. The van der Waals surface area contributed by atoms with Gasteiger partial charge in [-0.05, 0) is 34.2 Å². The summed E-state index contributed by atoms with van der Waals surface area (Å²) in [5.74, 6) is -2.90. The summed E-state index contributed by atoms with van der Waals surface area (Å²) in [7, 11) is 0. The topological polar surface area (TPSA) is 26.0 Å². The van der Waals surface area contributed by atoms with Gasteiger partial charge in [0.1, 0.15) is 17.5 Å². The molecule has 2 rings (SSSR count). The van der Waals surface area contributed by atoms with Crippen molar-refractivity contribution in [2.75, 3.05) is 0 Å². The number of hydrogen-bond donors (Lipinski definition) is 1. The fraction of sp³-hybridized carbons (Fsp3) is 0.0769. The predicted molar refractivity (Wildman–Crippen MR) is 71.5 cm³/mol. The van der Waals surface area contributed by atoms with Crippen molar-refractivity contribution < 1.29 is 13.2 Å². The van der Waals surface area contributed by atoms with Crippen LogP contribution in [-0.4, -0.2) is 0 Å². The Bertz CT molecular complexity index is 563. The van der Waals surface area contributed by atoms with Crippen LogP contribution in [0.25, 0.3) is 0 Å². The summed E-state index contributed by atoms with van der Waals surface area (Å²) in [5, 5.41) is 0. The SMILES string of the molecule is NC(c1ccccc1I)c1c(F)cc(F)cc1F. The summed E-state index contributed by atoms with van der Waals surface area (Å²) >= 11 is 2.03. The van der Waals surface area contributed by atoms with Gasteiger partial charge in [-0.2, -0.15) is 0 Å². The van der Waals surface area contributed by atoms with Crippen LogP contribution in [0.2, 0.25) is 0 Å². The number of hydrogen-bond acceptors (Lipinski definition) is 1. The Hall–Kier alpha value is -1.08. The zero-order valence-electron chi connectivity index (χ0n) is 9.13. The molecule has 0 aliphatic carbocycles. The van der Waals surface area contributed by atoms with Gasteiger partial charge in [-0.3, -0.25) is 0 Å². The fourth-order valence-electron chi connectivity index (χ4n) is 1.73. The number of rotatable bonds is 2. The van der Waals surface area contributed by atoms with E-state index in [1.54, 1.807) is 24.3 Å². The highest BCUT2D eigenvalue weighted by Crippen LogP contribution is 2.28. The molecule has 0 aromatic heterocycles. The summed E-state index contributed by atoms with van der Waals surface area (Å²) in [6, 6.07) is 7.32. The quantitative estimate of drug-likeness (QED) is 0.809. The third-order valence-electron chi connectivity index (χ3n) is 2.60. The maximum absolute atomic E-state index is 13.6. The van der Waals surface area contributed by atoms with Crippen LogP contribution >= 0.6 is 22.6 Å². The number of nitrogens with two attached hydrogens (primary N) is 1. The van der Waals surface area contributed by atoms with Gasteiger partial charge in [0.2, 0.25) is 0 Å². The molecule has 5 heteroatoms. The molecule has 0 heterocycles. The molecule has 0 radical (unpaired) electrons. The first-order valence-corrected chi connectivity index (χ1v) is 6.23. The van der Waals surface area contributed by atoms with Crippen molar-refractivity contribution >= 4 is 22.6 Å². The van der Waals surface area contributed by atoms with Crippen molar-refractivity contribution in [3.63, 3.8) is 0 Å². The van der Waals surface area contributed by atoms with E-state index in [4.69, 9.17) is 5.73 Å². The first-order valence-electron chi connectivity index (χ1n) is 5.15. The molecule has 1 nitrogen and oxygen atoms in total. The van der Waals surface area contributed by atoms with Crippen molar-refractivity contribution in [1.82, 2.24) is 0 Å². The maximum Gasteiger partial charge on any atom is 0.134 e. The van der Waals surface area contributed by atoms with Crippen LogP contribution in [0.5, 0.6) is 0 Å². The summed E-state index contributed by atoms with van der Waals surface area (Å²) in [6.45, 7) is 0. The highest BCUT2D eigenvalue weighted by molar-refractivity contribution is 14.1. The van der Waals surface area contributed by atoms with Gasteiger partial charge in [0.05, 0.1) is 6.04 Å². The van der Waals surface area contributed by atoms with Crippen LogP contribution in [0.4, 0.5) is 13.2 Å². The lowest BCUT2D eigenvalue weighted by atomic mass is 9.98. The molecule has 0 saturated carbocycles. The molecule has 0 fully saturated rings. The maximum atomic E-state index is 13.6. The molecule has 94 valence electrons. The van der Waals surface area contributed by atoms with Gasteiger partial charge in [0.15, 0.2) is 0 Å². The highest BCUT2D eigenvalue weighted by atomic mass is 127. The zero-order valence-corrected chi connectivity index (χ0v) is 11.3. The molecule has 0 bridgehead atoms. The molecule has 0 spiro atoms. The van der Waals surface area contributed by atoms with E-state index in [1.165, 1.54) is 0 Å². The first kappa shape index (κ1) is 13.4. The molecular weight excluding hydrogens is 354 g/mol. The zero-order chi connectivity index (χ0) is 13.3. The lowest BCUT2D eigenvalue weighted by molar-refractivity contribution is 0.515. The Morgan fingerprint density at radius 2 is 1.56 bits per heavy atom. The lowest BCUT2D eigenvalue weighted by Crippen LogP contribution is -2.17. The average Bonchev–Trinajstić information content (AvgIpc) is 2.27. The van der Waals surface area contributed by atoms with E-state index < -0.39 is 23.5 Å². The fourth-order valence-corrected chi connectivity index (χ4v) is 2.46. The van der Waals surface area contributed by atoms with E-state index in [0.29, 0.717) is 17.7 Å². The van der Waals surface area contributed by atoms with E-state index in [0.717, 1.165) is 3.57 Å². The van der Waals surface area contributed by atoms with Gasteiger partial charge in [-0.15, -0.1) is 0 Å². The van der Waals surface area contributed by atoms with Crippen LogP contribution in [-0.2, 0) is 0 Å². The predicted octanol–water partition coefficient (Wildman–Crippen LogP) is 3.76. The summed E-state index contributed by atoms with van der Waals surface area (Å²) < 4.78 is 40.9. The number of halogens is 4. The molecule has 2 N–H and O–H groups in total. The largest absolute Gasteiger partial charge is 0.320 e. The molecule has 0 saturated heterocycles. The van der Waals surface area contributed by atoms with Crippen LogP contribution < -0.4 is 5.73 Å². The molecule has 1 unspecified atom stereocenters. The Morgan fingerprint density at radius 3 is 2.11 bits per heavy atom. The molecule has 18 heavy (non-hydrogen) atoms. The minimum absolute atomic E-state index is 0.319. The third kappa shape index (κ3) is 2.51. The third-order valence-corrected chi connectivity index (χ3v) is 3.58. The second kappa shape index (κ2) is 5.27. The van der Waals surface area contributed by atoms with E-state index in [9.17, 15) is 13.2 Å². The van der Waals surface area contributed by atoms with Crippen molar-refractivity contribution in [2.24, 2.45) is 5.73 Å². The molecule has 2 aromatic rings. The van der Waals surface area contributed by atoms with Gasteiger partial charge in [-0.25, -0.2) is 13.2 Å². The van der Waals surface area contributed by atoms with Crippen molar-refractivity contribution in [2.45, 2.75) is 6.04 Å². The average molecular weight is 363 g/mol. The van der Waals surface area contributed by atoms with Gasteiger partial charge in [0, 0.05) is 21.3 Å². The monoisotopic (exact) mass is 363 g/mol. The van der Waals surface area contributed by atoms with Gasteiger partial charge in [0.25, 0.3) is 0 Å². The summed E-state index contributed by atoms with van der Waals surface area (Å²) in [6.07, 6.45) is 0. The molecular formula is C13H9F3IN. The smallest absolute Gasteiger partial charge is 0.134 e. The van der Waals surface area contributed by atoms with Gasteiger partial charge < -0.3 is 5.73 Å². The van der Waals surface area contributed by atoms with E-state index in [2.05, 4.69) is 0 Å². The van der Waals surface area contributed by atoms with Gasteiger partial charge in [-0.1, -0.05) is 18.2 Å². The summed E-state index contributed by atoms with van der Waals surface area (Å²) in [4.78, 5) is 0. The van der Waals surface area contributed by atoms with Crippen LogP contribution in [0.1, 0.15) is 17.2 Å². The van der Waals surface area contributed by atoms with Crippen LogP contribution in [0, 0.1) is 21.0 Å². The van der Waals surface area contributed by atoms with Crippen molar-refractivity contribution in [3.05, 3.63) is 68.5 Å². The molecule has 0 amide bonds. The molecule has 2 aromatic carbocycles. The minimum Gasteiger partial charge on any atom is -0.320 e. The van der Waals surface area contributed by atoms with Gasteiger partial charge >= 0.3 is 0 Å². The second-order valence-electron chi connectivity index (χ2n) is 3.78. The van der Waals surface area contributed by atoms with E-state index in [1.807, 2.05) is 22.6 Å².